The van der Waals surface area contributed by atoms with Gasteiger partial charge in [-0.05, 0) is 52.2 Å². The van der Waals surface area contributed by atoms with E-state index in [9.17, 15) is 4.79 Å². The molecule has 3 aromatic rings. The number of ether oxygens (including phenoxy) is 4. The normalized spacial score (nSPS) is 12.2. The molecule has 0 amide bonds. The first-order valence-electron chi connectivity index (χ1n) is 7.78. The standard InChI is InChI=1S/C20H16O5/c1-22-17-8-15(10-21)16(9-18(17)23-2)13-4-3-12-6-19-20(25-11-24-19)7-14(12)5-13/h3-10H,11H2,1-2H3. The Bertz CT molecular complexity index is 977. The molecule has 3 aromatic carbocycles. The summed E-state index contributed by atoms with van der Waals surface area (Å²) >= 11 is 0. The molecule has 1 heterocycles. The van der Waals surface area contributed by atoms with Crippen LogP contribution in [0.3, 0.4) is 0 Å². The second kappa shape index (κ2) is 6.02. The molecule has 5 nitrogen and oxygen atoms in total. The lowest BCUT2D eigenvalue weighted by Crippen LogP contribution is -1.95. The number of carbonyl (C=O) groups is 1. The first kappa shape index (κ1) is 15.3. The van der Waals surface area contributed by atoms with Crippen LogP contribution in [-0.4, -0.2) is 27.3 Å². The summed E-state index contributed by atoms with van der Waals surface area (Å²) < 4.78 is 21.5. The van der Waals surface area contributed by atoms with E-state index in [1.807, 2.05) is 36.4 Å². The van der Waals surface area contributed by atoms with Gasteiger partial charge in [-0.15, -0.1) is 0 Å². The van der Waals surface area contributed by atoms with Crippen molar-refractivity contribution in [3.8, 4) is 34.1 Å². The third-order valence-electron chi connectivity index (χ3n) is 4.33. The quantitative estimate of drug-likeness (QED) is 0.672. The van der Waals surface area contributed by atoms with Gasteiger partial charge in [0.05, 0.1) is 14.2 Å². The molecule has 0 atom stereocenters. The summed E-state index contributed by atoms with van der Waals surface area (Å²) in [7, 11) is 3.12. The van der Waals surface area contributed by atoms with Crippen LogP contribution in [0.15, 0.2) is 42.5 Å². The van der Waals surface area contributed by atoms with Crippen molar-refractivity contribution >= 4 is 17.1 Å². The molecule has 25 heavy (non-hydrogen) atoms. The predicted molar refractivity (Wildman–Crippen MR) is 94.0 cm³/mol. The molecule has 1 aliphatic rings. The fourth-order valence-corrected chi connectivity index (χ4v) is 3.05. The average molecular weight is 336 g/mol. The zero-order chi connectivity index (χ0) is 17.4. The minimum absolute atomic E-state index is 0.240. The van der Waals surface area contributed by atoms with E-state index in [0.29, 0.717) is 17.1 Å². The van der Waals surface area contributed by atoms with Gasteiger partial charge in [0, 0.05) is 5.56 Å². The SMILES string of the molecule is COc1cc(C=O)c(-c2ccc3cc4c(cc3c2)OCO4)cc1OC. The highest BCUT2D eigenvalue weighted by Gasteiger charge is 2.16. The number of benzene rings is 3. The van der Waals surface area contributed by atoms with Crippen molar-refractivity contribution in [3.63, 3.8) is 0 Å². The average Bonchev–Trinajstić information content (AvgIpc) is 3.11. The number of hydrogen-bond acceptors (Lipinski definition) is 5. The van der Waals surface area contributed by atoms with Gasteiger partial charge in [0.2, 0.25) is 6.79 Å². The summed E-state index contributed by atoms with van der Waals surface area (Å²) in [5.74, 6) is 2.58. The number of rotatable bonds is 4. The van der Waals surface area contributed by atoms with E-state index in [2.05, 4.69) is 0 Å². The molecule has 0 saturated carbocycles. The molecule has 5 heteroatoms. The fraction of sp³-hybridized carbons (Fsp3) is 0.150. The van der Waals surface area contributed by atoms with Crippen LogP contribution < -0.4 is 18.9 Å². The number of aldehydes is 1. The highest BCUT2D eigenvalue weighted by atomic mass is 16.7. The topological polar surface area (TPSA) is 54.0 Å². The van der Waals surface area contributed by atoms with E-state index in [4.69, 9.17) is 18.9 Å². The largest absolute Gasteiger partial charge is 0.493 e. The maximum absolute atomic E-state index is 11.6. The van der Waals surface area contributed by atoms with Crippen molar-refractivity contribution in [2.24, 2.45) is 0 Å². The van der Waals surface area contributed by atoms with Gasteiger partial charge >= 0.3 is 0 Å². The second-order valence-electron chi connectivity index (χ2n) is 5.68. The van der Waals surface area contributed by atoms with E-state index in [1.165, 1.54) is 0 Å². The van der Waals surface area contributed by atoms with Gasteiger partial charge < -0.3 is 18.9 Å². The lowest BCUT2D eigenvalue weighted by Gasteiger charge is -2.13. The number of hydrogen-bond donors (Lipinski definition) is 0. The van der Waals surface area contributed by atoms with Crippen LogP contribution in [0.4, 0.5) is 0 Å². The van der Waals surface area contributed by atoms with Gasteiger partial charge in [-0.1, -0.05) is 12.1 Å². The van der Waals surface area contributed by atoms with Crippen LogP contribution in [0.25, 0.3) is 21.9 Å². The molecular formula is C20H16O5. The Kier molecular flexibility index (Phi) is 3.69. The van der Waals surface area contributed by atoms with Crippen molar-refractivity contribution in [2.45, 2.75) is 0 Å². The molecule has 0 bridgehead atoms. The molecule has 0 radical (unpaired) electrons. The molecule has 0 aliphatic carbocycles. The van der Waals surface area contributed by atoms with Crippen molar-refractivity contribution in [1.82, 2.24) is 0 Å². The molecule has 0 fully saturated rings. The number of carbonyl (C=O) groups excluding carboxylic acids is 1. The second-order valence-corrected chi connectivity index (χ2v) is 5.68. The van der Waals surface area contributed by atoms with Crippen molar-refractivity contribution < 1.29 is 23.7 Å². The molecule has 0 saturated heterocycles. The molecule has 126 valence electrons. The van der Waals surface area contributed by atoms with Crippen LogP contribution in [0, 0.1) is 0 Å². The van der Waals surface area contributed by atoms with E-state index in [-0.39, 0.29) is 6.79 Å². The summed E-state index contributed by atoms with van der Waals surface area (Å²) in [5.41, 5.74) is 2.24. The van der Waals surface area contributed by atoms with Gasteiger partial charge in [-0.25, -0.2) is 0 Å². The first-order chi connectivity index (χ1) is 12.2. The summed E-state index contributed by atoms with van der Waals surface area (Å²) in [4.78, 5) is 11.6. The Morgan fingerprint density at radius 1 is 0.880 bits per heavy atom. The lowest BCUT2D eigenvalue weighted by atomic mass is 9.96. The number of methoxy groups -OCH3 is 2. The predicted octanol–water partition coefficient (Wildman–Crippen LogP) is 4.07. The third-order valence-corrected chi connectivity index (χ3v) is 4.33. The Morgan fingerprint density at radius 3 is 2.24 bits per heavy atom. The van der Waals surface area contributed by atoms with Gasteiger partial charge in [0.1, 0.15) is 0 Å². The lowest BCUT2D eigenvalue weighted by molar-refractivity contribution is 0.112. The van der Waals surface area contributed by atoms with Crippen LogP contribution in [0.1, 0.15) is 10.4 Å². The third kappa shape index (κ3) is 2.54. The maximum atomic E-state index is 11.6. The van der Waals surface area contributed by atoms with E-state index in [0.717, 1.165) is 39.7 Å². The van der Waals surface area contributed by atoms with Crippen molar-refractivity contribution in [3.05, 3.63) is 48.0 Å². The Balaban J connectivity index is 1.89. The van der Waals surface area contributed by atoms with Crippen LogP contribution in [0.5, 0.6) is 23.0 Å². The highest BCUT2D eigenvalue weighted by molar-refractivity contribution is 5.94. The minimum Gasteiger partial charge on any atom is -0.493 e. The molecule has 0 unspecified atom stereocenters. The first-order valence-corrected chi connectivity index (χ1v) is 7.78. The summed E-state index contributed by atoms with van der Waals surface area (Å²) in [6.07, 6.45) is 0.821. The Hall–Kier alpha value is -3.21. The van der Waals surface area contributed by atoms with Crippen LogP contribution in [-0.2, 0) is 0 Å². The van der Waals surface area contributed by atoms with Crippen molar-refractivity contribution in [2.75, 3.05) is 21.0 Å². The zero-order valence-electron chi connectivity index (χ0n) is 13.9. The van der Waals surface area contributed by atoms with Gasteiger partial charge in [-0.2, -0.15) is 0 Å². The summed E-state index contributed by atoms with van der Waals surface area (Å²) in [6, 6.07) is 13.4. The maximum Gasteiger partial charge on any atom is 0.231 e. The molecule has 1 aliphatic heterocycles. The molecule has 0 aromatic heterocycles. The Labute approximate surface area is 144 Å². The van der Waals surface area contributed by atoms with E-state index >= 15 is 0 Å². The van der Waals surface area contributed by atoms with Gasteiger partial charge in [0.15, 0.2) is 29.3 Å². The fourth-order valence-electron chi connectivity index (χ4n) is 3.05. The monoisotopic (exact) mass is 336 g/mol. The van der Waals surface area contributed by atoms with E-state index in [1.54, 1.807) is 20.3 Å². The van der Waals surface area contributed by atoms with E-state index < -0.39 is 0 Å². The molecule has 4 rings (SSSR count). The smallest absolute Gasteiger partial charge is 0.231 e. The summed E-state index contributed by atoms with van der Waals surface area (Å²) in [6.45, 7) is 0.240. The molecular weight excluding hydrogens is 320 g/mol. The molecule has 0 N–H and O–H groups in total. The van der Waals surface area contributed by atoms with Gasteiger partial charge in [0.25, 0.3) is 0 Å². The van der Waals surface area contributed by atoms with Gasteiger partial charge in [-0.3, -0.25) is 4.79 Å². The van der Waals surface area contributed by atoms with Crippen LogP contribution in [0.2, 0.25) is 0 Å². The minimum atomic E-state index is 0.240. The Morgan fingerprint density at radius 2 is 1.56 bits per heavy atom. The zero-order valence-corrected chi connectivity index (χ0v) is 13.9. The van der Waals surface area contributed by atoms with Crippen LogP contribution >= 0.6 is 0 Å². The van der Waals surface area contributed by atoms with Crippen molar-refractivity contribution in [1.29, 1.82) is 0 Å². The highest BCUT2D eigenvalue weighted by Crippen LogP contribution is 2.39. The number of fused-ring (bicyclic) bond motifs is 2. The summed E-state index contributed by atoms with van der Waals surface area (Å²) in [5, 5.41) is 2.05. The molecule has 0 spiro atoms.